The van der Waals surface area contributed by atoms with E-state index >= 15 is 0 Å². The molecule has 1 atom stereocenters. The van der Waals surface area contributed by atoms with E-state index in [-0.39, 0.29) is 5.56 Å². The molecule has 0 spiro atoms. The van der Waals surface area contributed by atoms with E-state index in [9.17, 15) is 27.6 Å². The number of ketones is 1. The molecule has 1 N–H and O–H groups in total. The summed E-state index contributed by atoms with van der Waals surface area (Å²) in [4.78, 5) is 34.5. The van der Waals surface area contributed by atoms with E-state index in [1.807, 2.05) is 0 Å². The monoisotopic (exact) mass is 317 g/mol. The number of hydrogen-bond donors (Lipinski definition) is 1. The molecule has 5 nitrogen and oxygen atoms in total. The first-order valence-electron chi connectivity index (χ1n) is 6.21. The van der Waals surface area contributed by atoms with Crippen LogP contribution < -0.4 is 5.32 Å². The lowest BCUT2D eigenvalue weighted by Crippen LogP contribution is -2.48. The molecule has 0 aromatic heterocycles. The predicted molar refractivity (Wildman–Crippen MR) is 70.1 cm³/mol. The molecule has 1 aromatic rings. The first-order valence-corrected chi connectivity index (χ1v) is 6.21. The summed E-state index contributed by atoms with van der Waals surface area (Å²) in [6.07, 6.45) is -5.78. The van der Waals surface area contributed by atoms with Gasteiger partial charge >= 0.3 is 18.1 Å². The summed E-state index contributed by atoms with van der Waals surface area (Å²) in [5.74, 6) is -4.00. The van der Waals surface area contributed by atoms with Crippen molar-refractivity contribution in [1.29, 1.82) is 0 Å². The summed E-state index contributed by atoms with van der Waals surface area (Å²) < 4.78 is 41.1. The molecule has 1 aromatic carbocycles. The van der Waals surface area contributed by atoms with Crippen LogP contribution in [0.4, 0.5) is 13.2 Å². The smallest absolute Gasteiger partial charge is 0.467 e. The van der Waals surface area contributed by atoms with Crippen molar-refractivity contribution in [3.8, 4) is 0 Å². The number of methoxy groups -OCH3 is 1. The SMILES string of the molecule is COC(=O)[C@H](CC(=O)c1ccccc1C)NC(=O)C(F)(F)F. The molecule has 0 unspecified atom stereocenters. The fourth-order valence-corrected chi connectivity index (χ4v) is 1.76. The van der Waals surface area contributed by atoms with Crippen molar-refractivity contribution in [1.82, 2.24) is 5.32 Å². The second-order valence-electron chi connectivity index (χ2n) is 4.49. The molecule has 0 aliphatic rings. The highest BCUT2D eigenvalue weighted by atomic mass is 19.4. The van der Waals surface area contributed by atoms with Gasteiger partial charge in [-0.1, -0.05) is 24.3 Å². The molecule has 8 heteroatoms. The summed E-state index contributed by atoms with van der Waals surface area (Å²) >= 11 is 0. The first-order chi connectivity index (χ1) is 10.2. The highest BCUT2D eigenvalue weighted by molar-refractivity contribution is 6.01. The van der Waals surface area contributed by atoms with Crippen molar-refractivity contribution >= 4 is 17.7 Å². The van der Waals surface area contributed by atoms with E-state index in [0.717, 1.165) is 7.11 Å². The van der Waals surface area contributed by atoms with E-state index < -0.39 is 36.3 Å². The van der Waals surface area contributed by atoms with E-state index in [0.29, 0.717) is 5.56 Å². The molecule has 1 rings (SSSR count). The maximum atomic E-state index is 12.3. The third-order valence-electron chi connectivity index (χ3n) is 2.88. The molecule has 0 radical (unpaired) electrons. The average Bonchev–Trinajstić information content (AvgIpc) is 2.44. The van der Waals surface area contributed by atoms with Crippen LogP contribution >= 0.6 is 0 Å². The van der Waals surface area contributed by atoms with E-state index in [2.05, 4.69) is 4.74 Å². The second-order valence-corrected chi connectivity index (χ2v) is 4.49. The molecule has 22 heavy (non-hydrogen) atoms. The van der Waals surface area contributed by atoms with Gasteiger partial charge in [0.1, 0.15) is 6.04 Å². The lowest BCUT2D eigenvalue weighted by molar-refractivity contribution is -0.175. The van der Waals surface area contributed by atoms with Gasteiger partial charge in [-0.2, -0.15) is 13.2 Å². The lowest BCUT2D eigenvalue weighted by Gasteiger charge is -2.17. The molecule has 0 aliphatic heterocycles. The number of alkyl halides is 3. The molecule has 0 bridgehead atoms. The standard InChI is InChI=1S/C14H14F3NO4/c1-8-5-3-4-6-9(8)11(19)7-10(12(20)22-2)18-13(21)14(15,16)17/h3-6,10H,7H2,1-2H3,(H,18,21)/t10-/m0/s1. The summed E-state index contributed by atoms with van der Waals surface area (Å²) in [6, 6.07) is 4.70. The van der Waals surface area contributed by atoms with Gasteiger partial charge in [0.15, 0.2) is 5.78 Å². The number of rotatable bonds is 5. The van der Waals surface area contributed by atoms with Crippen molar-refractivity contribution in [2.75, 3.05) is 7.11 Å². The molecular formula is C14H14F3NO4. The molecule has 0 heterocycles. The molecule has 0 fully saturated rings. The van der Waals surface area contributed by atoms with Gasteiger partial charge in [0.2, 0.25) is 0 Å². The highest BCUT2D eigenvalue weighted by Crippen LogP contribution is 2.16. The Bertz CT molecular complexity index is 584. The van der Waals surface area contributed by atoms with Crippen LogP contribution in [0.3, 0.4) is 0 Å². The Kier molecular flexibility index (Phi) is 5.67. The Morgan fingerprint density at radius 1 is 1.23 bits per heavy atom. The van der Waals surface area contributed by atoms with E-state index in [1.54, 1.807) is 25.1 Å². The van der Waals surface area contributed by atoms with Gasteiger partial charge in [0, 0.05) is 12.0 Å². The summed E-state index contributed by atoms with van der Waals surface area (Å²) in [6.45, 7) is 1.65. The topological polar surface area (TPSA) is 72.5 Å². The van der Waals surface area contributed by atoms with Gasteiger partial charge in [0.05, 0.1) is 7.11 Å². The minimum absolute atomic E-state index is 0.262. The quantitative estimate of drug-likeness (QED) is 0.664. The number of carbonyl (C=O) groups is 3. The molecule has 0 saturated heterocycles. The number of nitrogens with one attached hydrogen (secondary N) is 1. The molecule has 120 valence electrons. The zero-order valence-corrected chi connectivity index (χ0v) is 11.9. The van der Waals surface area contributed by atoms with Crippen LogP contribution in [0, 0.1) is 6.92 Å². The number of carbonyl (C=O) groups excluding carboxylic acids is 3. The van der Waals surface area contributed by atoms with Gasteiger partial charge in [-0.15, -0.1) is 0 Å². The van der Waals surface area contributed by atoms with Gasteiger partial charge in [-0.25, -0.2) is 4.79 Å². The van der Waals surface area contributed by atoms with Crippen molar-refractivity contribution < 1.29 is 32.3 Å². The van der Waals surface area contributed by atoms with Crippen LogP contribution in [-0.2, 0) is 14.3 Å². The maximum Gasteiger partial charge on any atom is 0.471 e. The van der Waals surface area contributed by atoms with Crippen LogP contribution in [0.5, 0.6) is 0 Å². The Morgan fingerprint density at radius 2 is 1.82 bits per heavy atom. The van der Waals surface area contributed by atoms with Gasteiger partial charge < -0.3 is 10.1 Å². The van der Waals surface area contributed by atoms with Crippen LogP contribution in [0.1, 0.15) is 22.3 Å². The number of amides is 1. The number of benzene rings is 1. The summed E-state index contributed by atoms with van der Waals surface area (Å²) in [5, 5.41) is 1.47. The third kappa shape index (κ3) is 4.57. The lowest BCUT2D eigenvalue weighted by atomic mass is 9.99. The Morgan fingerprint density at radius 3 is 2.32 bits per heavy atom. The Labute approximate surface area is 124 Å². The van der Waals surface area contributed by atoms with Crippen LogP contribution in [0.2, 0.25) is 0 Å². The van der Waals surface area contributed by atoms with Gasteiger partial charge in [-0.05, 0) is 12.5 Å². The van der Waals surface area contributed by atoms with Crippen molar-refractivity contribution in [3.63, 3.8) is 0 Å². The average molecular weight is 317 g/mol. The fraction of sp³-hybridized carbons (Fsp3) is 0.357. The summed E-state index contributed by atoms with van der Waals surface area (Å²) in [7, 11) is 0.952. The van der Waals surface area contributed by atoms with Crippen molar-refractivity contribution in [2.24, 2.45) is 0 Å². The first kappa shape index (κ1) is 17.7. The zero-order valence-electron chi connectivity index (χ0n) is 11.9. The third-order valence-corrected chi connectivity index (χ3v) is 2.88. The van der Waals surface area contributed by atoms with Crippen LogP contribution in [0.15, 0.2) is 24.3 Å². The number of ether oxygens (including phenoxy) is 1. The number of aryl methyl sites for hydroxylation is 1. The van der Waals surface area contributed by atoms with E-state index in [4.69, 9.17) is 0 Å². The molecule has 1 amide bonds. The number of hydrogen-bond acceptors (Lipinski definition) is 4. The van der Waals surface area contributed by atoms with Crippen molar-refractivity contribution in [2.45, 2.75) is 25.6 Å². The Hall–Kier alpha value is -2.38. The van der Waals surface area contributed by atoms with Crippen LogP contribution in [0.25, 0.3) is 0 Å². The largest absolute Gasteiger partial charge is 0.471 e. The molecule has 0 saturated carbocycles. The second kappa shape index (κ2) is 7.06. The molecular weight excluding hydrogens is 303 g/mol. The predicted octanol–water partition coefficient (Wildman–Crippen LogP) is 1.79. The zero-order chi connectivity index (χ0) is 16.9. The summed E-state index contributed by atoms with van der Waals surface area (Å²) in [5.41, 5.74) is 0.871. The number of Topliss-reactive ketones (excluding diaryl/α,β-unsaturated/α-hetero) is 1. The maximum absolute atomic E-state index is 12.3. The number of halogens is 3. The van der Waals surface area contributed by atoms with E-state index in [1.165, 1.54) is 11.4 Å². The molecule has 0 aliphatic carbocycles. The normalized spacial score (nSPS) is 12.4. The highest BCUT2D eigenvalue weighted by Gasteiger charge is 2.41. The van der Waals surface area contributed by atoms with Gasteiger partial charge in [-0.3, -0.25) is 9.59 Å². The Balaban J connectivity index is 2.91. The number of esters is 1. The minimum atomic E-state index is -5.15. The fourth-order valence-electron chi connectivity index (χ4n) is 1.76. The minimum Gasteiger partial charge on any atom is -0.467 e. The van der Waals surface area contributed by atoms with Crippen molar-refractivity contribution in [3.05, 3.63) is 35.4 Å². The van der Waals surface area contributed by atoms with Gasteiger partial charge in [0.25, 0.3) is 0 Å². The van der Waals surface area contributed by atoms with Crippen LogP contribution in [-0.4, -0.2) is 37.0 Å².